The minimum Gasteiger partial charge on any atom is -0.481 e. The van der Waals surface area contributed by atoms with Crippen molar-refractivity contribution in [2.45, 2.75) is 82.6 Å². The molecule has 0 radical (unpaired) electrons. The second-order valence-electron chi connectivity index (χ2n) is 13.6. The molecular weight excluding hydrogens is 719 g/mol. The number of nitrogens with two attached hydrogens (primary N) is 1. The van der Waals surface area contributed by atoms with Crippen LogP contribution in [0.4, 0.5) is 4.79 Å². The number of carbonyl (C=O) groups is 7. The third-order valence-corrected chi connectivity index (χ3v) is 8.73. The number of benzene rings is 1. The van der Waals surface area contributed by atoms with Gasteiger partial charge in [-0.2, -0.15) is 11.8 Å². The Morgan fingerprint density at radius 1 is 0.889 bits per heavy atom. The maximum absolute atomic E-state index is 13.9. The summed E-state index contributed by atoms with van der Waals surface area (Å²) in [6.07, 6.45) is 9.27. The van der Waals surface area contributed by atoms with Gasteiger partial charge in [-0.3, -0.25) is 33.8 Å². The van der Waals surface area contributed by atoms with Gasteiger partial charge in [0.05, 0.1) is 12.1 Å². The van der Waals surface area contributed by atoms with Gasteiger partial charge in [0.1, 0.15) is 29.8 Å². The summed E-state index contributed by atoms with van der Waals surface area (Å²) in [4.78, 5) is 94.4. The van der Waals surface area contributed by atoms with Crippen molar-refractivity contribution in [2.75, 3.05) is 18.6 Å². The Morgan fingerprint density at radius 2 is 1.54 bits per heavy atom. The number of ether oxygens (including phenoxy) is 1. The average Bonchev–Trinajstić information content (AvgIpc) is 3.51. The van der Waals surface area contributed by atoms with Crippen molar-refractivity contribution >= 4 is 59.1 Å². The first kappa shape index (κ1) is 43.0. The molecule has 0 spiro atoms. The lowest BCUT2D eigenvalue weighted by molar-refractivity contribution is -0.141. The van der Waals surface area contributed by atoms with E-state index >= 15 is 0 Å². The first-order valence-electron chi connectivity index (χ1n) is 17.4. The van der Waals surface area contributed by atoms with E-state index in [1.807, 2.05) is 24.3 Å². The number of hydrogen-bond donors (Lipinski definition) is 7. The van der Waals surface area contributed by atoms with Crippen molar-refractivity contribution in [2.24, 2.45) is 16.6 Å². The van der Waals surface area contributed by atoms with Gasteiger partial charge in [0, 0.05) is 37.9 Å². The van der Waals surface area contributed by atoms with Crippen LogP contribution < -0.4 is 32.3 Å². The second kappa shape index (κ2) is 20.7. The van der Waals surface area contributed by atoms with Gasteiger partial charge in [-0.05, 0) is 56.4 Å². The highest BCUT2D eigenvalue weighted by atomic mass is 32.2. The quantitative estimate of drug-likeness (QED) is 0.100. The molecule has 292 valence electrons. The van der Waals surface area contributed by atoms with Crippen molar-refractivity contribution in [1.29, 1.82) is 0 Å². The molecule has 54 heavy (non-hydrogen) atoms. The first-order chi connectivity index (χ1) is 25.6. The zero-order valence-corrected chi connectivity index (χ0v) is 31.6. The molecule has 1 aliphatic heterocycles. The summed E-state index contributed by atoms with van der Waals surface area (Å²) in [7, 11) is 0. The monoisotopic (exact) mass is 767 g/mol. The number of primary amides is 1. The molecule has 0 aromatic heterocycles. The smallest absolute Gasteiger partial charge is 0.407 e. The number of thioether (sulfide) groups is 1. The van der Waals surface area contributed by atoms with Gasteiger partial charge in [-0.25, -0.2) is 4.79 Å². The van der Waals surface area contributed by atoms with E-state index in [4.69, 9.17) is 10.5 Å². The summed E-state index contributed by atoms with van der Waals surface area (Å²) in [6.45, 7) is 5.03. The molecule has 1 aromatic carbocycles. The average molecular weight is 768 g/mol. The number of nitrogens with zero attached hydrogens (tertiary/aromatic N) is 1. The zero-order valence-electron chi connectivity index (χ0n) is 30.8. The van der Waals surface area contributed by atoms with Crippen LogP contribution in [-0.4, -0.2) is 101 Å². The summed E-state index contributed by atoms with van der Waals surface area (Å²) < 4.78 is 5.20. The van der Waals surface area contributed by atoms with Gasteiger partial charge >= 0.3 is 12.1 Å². The van der Waals surface area contributed by atoms with Gasteiger partial charge in [-0.1, -0.05) is 48.6 Å². The van der Waals surface area contributed by atoms with E-state index in [-0.39, 0.29) is 38.1 Å². The molecule has 1 aliphatic carbocycles. The Labute approximate surface area is 318 Å². The fraction of sp³-hybridized carbons (Fsp3) is 0.459. The minimum atomic E-state index is -1.63. The zero-order chi connectivity index (χ0) is 39.8. The molecule has 2 aliphatic rings. The van der Waals surface area contributed by atoms with Crippen molar-refractivity contribution in [3.8, 4) is 0 Å². The van der Waals surface area contributed by atoms with Crippen molar-refractivity contribution in [1.82, 2.24) is 26.6 Å². The number of amides is 6. The lowest BCUT2D eigenvalue weighted by Gasteiger charge is -2.26. The number of rotatable bonds is 20. The van der Waals surface area contributed by atoms with E-state index in [2.05, 4.69) is 31.6 Å². The van der Waals surface area contributed by atoms with Gasteiger partial charge in [0.2, 0.25) is 29.5 Å². The highest BCUT2D eigenvalue weighted by Gasteiger charge is 2.34. The highest BCUT2D eigenvalue weighted by Crippen LogP contribution is 2.28. The number of aliphatic carboxylic acids is 1. The number of hydrogen-bond acceptors (Lipinski definition) is 10. The highest BCUT2D eigenvalue weighted by molar-refractivity contribution is 7.98. The second-order valence-corrected chi connectivity index (χ2v) is 14.6. The van der Waals surface area contributed by atoms with Crippen LogP contribution in [0.25, 0.3) is 0 Å². The Kier molecular flexibility index (Phi) is 16.5. The van der Waals surface area contributed by atoms with Crippen LogP contribution in [0.2, 0.25) is 0 Å². The minimum absolute atomic E-state index is 0.0299. The maximum atomic E-state index is 13.9. The molecule has 1 aromatic rings. The maximum Gasteiger partial charge on any atom is 0.407 e. The predicted octanol–water partition coefficient (Wildman–Crippen LogP) is 1.27. The molecule has 0 bridgehead atoms. The Balaban J connectivity index is 1.76. The Hall–Kier alpha value is -5.45. The predicted molar refractivity (Wildman–Crippen MR) is 203 cm³/mol. The van der Waals surface area contributed by atoms with Crippen LogP contribution in [0.5, 0.6) is 0 Å². The van der Waals surface area contributed by atoms with Crippen LogP contribution in [0, 0.1) is 5.92 Å². The van der Waals surface area contributed by atoms with Crippen LogP contribution in [0.3, 0.4) is 0 Å². The van der Waals surface area contributed by atoms with Crippen LogP contribution >= 0.6 is 11.8 Å². The molecule has 6 amide bonds. The number of fused-ring (bicyclic) bond motifs is 1. The van der Waals surface area contributed by atoms with Crippen LogP contribution in [0.15, 0.2) is 71.4 Å². The van der Waals surface area contributed by atoms with E-state index in [0.717, 1.165) is 11.3 Å². The Bertz CT molecular complexity index is 1670. The SMILES string of the molecule is CSCC[C@H](NC(=O)[C@H](CC1=CN=C2C=CC=CC12)NC(=O)CCNC(=O)OC(C)(C)C)C(=O)N[C@@H](CC(=O)O)C(=O)N[C@@H](Cc1ccccc1)C(N)=O. The molecule has 5 atom stereocenters. The first-order valence-corrected chi connectivity index (χ1v) is 18.8. The van der Waals surface area contributed by atoms with E-state index in [0.29, 0.717) is 11.3 Å². The molecular formula is C37H49N7O9S. The fourth-order valence-electron chi connectivity index (χ4n) is 5.47. The van der Waals surface area contributed by atoms with Gasteiger partial charge in [-0.15, -0.1) is 0 Å². The lowest BCUT2D eigenvalue weighted by atomic mass is 9.88. The largest absolute Gasteiger partial charge is 0.481 e. The standard InChI is InChI=1S/C37H49N7O9S/c1-37(2,3)53-36(52)39-16-14-30(45)41-28(19-23-21-40-25-13-9-8-12-24(23)25)34(50)42-26(15-17-54-4)33(49)44-29(20-31(46)47)35(51)43-27(32(38)48)18-22-10-6-5-7-11-22/h5-13,21,24,26-29H,14-20H2,1-4H3,(H2,38,48)(H,39,52)(H,41,45)(H,42,50)(H,43,51)(H,44,49)(H,46,47)/t24?,26-,27-,28-,29-/m0/s1. The number of aliphatic imine (C=N–C) groups is 1. The molecule has 0 saturated heterocycles. The Morgan fingerprint density at radius 3 is 2.19 bits per heavy atom. The molecule has 0 fully saturated rings. The summed E-state index contributed by atoms with van der Waals surface area (Å²) in [6, 6.07) is 3.45. The number of allylic oxidation sites excluding steroid dienone is 4. The molecule has 8 N–H and O–H groups in total. The summed E-state index contributed by atoms with van der Waals surface area (Å²) in [5.74, 6) is -5.17. The summed E-state index contributed by atoms with van der Waals surface area (Å²) in [5, 5.41) is 22.3. The van der Waals surface area contributed by atoms with E-state index < -0.39 is 77.8 Å². The van der Waals surface area contributed by atoms with Crippen molar-refractivity contribution in [3.05, 3.63) is 72.0 Å². The van der Waals surface area contributed by atoms with Crippen molar-refractivity contribution < 1.29 is 43.4 Å². The van der Waals surface area contributed by atoms with E-state index in [9.17, 15) is 38.7 Å². The lowest BCUT2D eigenvalue weighted by Crippen LogP contribution is -2.58. The molecule has 16 nitrogen and oxygen atoms in total. The molecule has 1 heterocycles. The summed E-state index contributed by atoms with van der Waals surface area (Å²) >= 11 is 1.39. The normalized spacial score (nSPS) is 16.6. The molecule has 1 unspecified atom stereocenters. The van der Waals surface area contributed by atoms with Crippen LogP contribution in [0.1, 0.15) is 52.0 Å². The fourth-order valence-corrected chi connectivity index (χ4v) is 5.94. The van der Waals surface area contributed by atoms with E-state index in [1.165, 1.54) is 11.8 Å². The van der Waals surface area contributed by atoms with E-state index in [1.54, 1.807) is 63.6 Å². The molecule has 0 saturated carbocycles. The number of carbonyl (C=O) groups excluding carboxylic acids is 6. The van der Waals surface area contributed by atoms with Gasteiger partial charge < -0.3 is 42.2 Å². The molecule has 3 rings (SSSR count). The summed E-state index contributed by atoms with van der Waals surface area (Å²) in [5.41, 5.74) is 6.99. The van der Waals surface area contributed by atoms with Crippen LogP contribution in [-0.2, 0) is 39.9 Å². The van der Waals surface area contributed by atoms with Gasteiger partial charge in [0.15, 0.2) is 0 Å². The number of carboxylic acids is 1. The third kappa shape index (κ3) is 14.5. The van der Waals surface area contributed by atoms with Gasteiger partial charge in [0.25, 0.3) is 0 Å². The molecule has 17 heteroatoms. The third-order valence-electron chi connectivity index (χ3n) is 8.09. The topological polar surface area (TPSA) is 247 Å². The number of nitrogens with one attached hydrogen (secondary N) is 5. The number of alkyl carbamates (subject to hydrolysis) is 1. The number of carboxylic acid groups (broad SMARTS) is 1. The van der Waals surface area contributed by atoms with Crippen molar-refractivity contribution in [3.63, 3.8) is 0 Å².